The highest BCUT2D eigenvalue weighted by atomic mass is 32.2. The van der Waals surface area contributed by atoms with Crippen molar-refractivity contribution in [2.24, 2.45) is 11.8 Å². The molecule has 21 heavy (non-hydrogen) atoms. The summed E-state index contributed by atoms with van der Waals surface area (Å²) in [5.74, 6) is 6.00. The fourth-order valence-electron chi connectivity index (χ4n) is 2.80. The number of hydrogen-bond donors (Lipinski definition) is 3. The number of nitrogens with two attached hydrogens (primary N) is 1. The monoisotopic (exact) mass is 329 g/mol. The van der Waals surface area contributed by atoms with E-state index in [9.17, 15) is 8.42 Å². The molecule has 4 N–H and O–H groups in total. The number of sulfonamides is 1. The minimum Gasteiger partial charge on any atom is -0.306 e. The van der Waals surface area contributed by atoms with Gasteiger partial charge in [0.15, 0.2) is 10.8 Å². The average Bonchev–Trinajstić information content (AvgIpc) is 3.06. The van der Waals surface area contributed by atoms with Crippen molar-refractivity contribution < 1.29 is 8.42 Å². The van der Waals surface area contributed by atoms with E-state index < -0.39 is 10.0 Å². The van der Waals surface area contributed by atoms with Crippen molar-refractivity contribution in [1.82, 2.24) is 14.1 Å². The van der Waals surface area contributed by atoms with Crippen molar-refractivity contribution >= 4 is 32.1 Å². The van der Waals surface area contributed by atoms with E-state index in [4.69, 9.17) is 5.84 Å². The van der Waals surface area contributed by atoms with Crippen LogP contribution in [0, 0.1) is 5.92 Å². The van der Waals surface area contributed by atoms with Gasteiger partial charge in [-0.25, -0.2) is 19.0 Å². The third-order valence-corrected chi connectivity index (χ3v) is 6.10. The number of fused-ring (bicyclic) bond motifs is 1. The van der Waals surface area contributed by atoms with Gasteiger partial charge in [-0.1, -0.05) is 19.3 Å². The molecule has 0 bridgehead atoms. The number of imidazole rings is 1. The molecule has 1 aliphatic carbocycles. The molecule has 3 rings (SSSR count). The normalized spacial score (nSPS) is 17.4. The lowest BCUT2D eigenvalue weighted by Crippen LogP contribution is -2.31. The van der Waals surface area contributed by atoms with Crippen LogP contribution in [0.15, 0.2) is 16.6 Å². The van der Waals surface area contributed by atoms with E-state index in [0.29, 0.717) is 17.4 Å². The molecule has 0 amide bonds. The zero-order valence-electron chi connectivity index (χ0n) is 11.6. The predicted molar refractivity (Wildman–Crippen MR) is 82.6 cm³/mol. The van der Waals surface area contributed by atoms with Crippen molar-refractivity contribution in [3.8, 4) is 0 Å². The maximum atomic E-state index is 12.6. The second kappa shape index (κ2) is 5.91. The quantitative estimate of drug-likeness (QED) is 0.570. The minimum atomic E-state index is -3.64. The van der Waals surface area contributed by atoms with Gasteiger partial charge in [0.2, 0.25) is 5.03 Å². The van der Waals surface area contributed by atoms with Gasteiger partial charge in [0, 0.05) is 18.1 Å². The van der Waals surface area contributed by atoms with Gasteiger partial charge in [0.05, 0.1) is 0 Å². The van der Waals surface area contributed by atoms with E-state index in [1.165, 1.54) is 30.6 Å². The van der Waals surface area contributed by atoms with Crippen LogP contribution in [0.5, 0.6) is 0 Å². The van der Waals surface area contributed by atoms with Crippen LogP contribution in [0.4, 0.5) is 5.82 Å². The van der Waals surface area contributed by atoms with E-state index in [-0.39, 0.29) is 10.8 Å². The van der Waals surface area contributed by atoms with Gasteiger partial charge in [0.25, 0.3) is 10.0 Å². The molecule has 9 heteroatoms. The standard InChI is InChI=1S/C12H19N5O2S2/c13-16-10-11(17-6-7-20-12(17)15-10)21(18,19)14-8-9-4-2-1-3-5-9/h6-7,9,14,16H,1-5,8,13H2. The number of aromatic nitrogens is 2. The van der Waals surface area contributed by atoms with Crippen LogP contribution in [0.1, 0.15) is 32.1 Å². The van der Waals surface area contributed by atoms with Crippen molar-refractivity contribution in [2.45, 2.75) is 37.1 Å². The molecule has 0 unspecified atom stereocenters. The fraction of sp³-hybridized carbons (Fsp3) is 0.583. The molecule has 0 radical (unpaired) electrons. The Labute approximate surface area is 127 Å². The smallest absolute Gasteiger partial charge is 0.260 e. The fourth-order valence-corrected chi connectivity index (χ4v) is 4.93. The summed E-state index contributed by atoms with van der Waals surface area (Å²) < 4.78 is 29.4. The van der Waals surface area contributed by atoms with E-state index in [2.05, 4.69) is 15.1 Å². The van der Waals surface area contributed by atoms with E-state index in [1.807, 2.05) is 0 Å². The van der Waals surface area contributed by atoms with Crippen LogP contribution in [-0.2, 0) is 10.0 Å². The first-order valence-electron chi connectivity index (χ1n) is 7.03. The van der Waals surface area contributed by atoms with Crippen LogP contribution >= 0.6 is 11.3 Å². The molecule has 7 nitrogen and oxygen atoms in total. The molecule has 1 fully saturated rings. The number of nitrogen functional groups attached to an aromatic ring is 1. The first-order valence-corrected chi connectivity index (χ1v) is 9.40. The van der Waals surface area contributed by atoms with E-state index >= 15 is 0 Å². The zero-order valence-corrected chi connectivity index (χ0v) is 13.2. The summed E-state index contributed by atoms with van der Waals surface area (Å²) in [6.45, 7) is 0.476. The number of hydrazine groups is 1. The molecule has 116 valence electrons. The Morgan fingerprint density at radius 3 is 2.86 bits per heavy atom. The molecule has 2 heterocycles. The Hall–Kier alpha value is -1.16. The molecule has 2 aromatic heterocycles. The summed E-state index contributed by atoms with van der Waals surface area (Å²) in [7, 11) is -3.64. The van der Waals surface area contributed by atoms with Gasteiger partial charge in [-0.2, -0.15) is 4.98 Å². The summed E-state index contributed by atoms with van der Waals surface area (Å²) in [5.41, 5.74) is 2.37. The summed E-state index contributed by atoms with van der Waals surface area (Å²) in [6.07, 6.45) is 7.48. The Morgan fingerprint density at radius 1 is 1.38 bits per heavy atom. The first-order chi connectivity index (χ1) is 10.1. The first kappa shape index (κ1) is 14.8. The predicted octanol–water partition coefficient (Wildman–Crippen LogP) is 1.54. The Kier molecular flexibility index (Phi) is 4.16. The lowest BCUT2D eigenvalue weighted by Gasteiger charge is -2.21. The lowest BCUT2D eigenvalue weighted by atomic mass is 9.90. The largest absolute Gasteiger partial charge is 0.306 e. The van der Waals surface area contributed by atoms with E-state index in [0.717, 1.165) is 12.8 Å². The molecular weight excluding hydrogens is 310 g/mol. The Bertz CT molecular complexity index is 715. The van der Waals surface area contributed by atoms with Gasteiger partial charge in [-0.15, -0.1) is 11.3 Å². The van der Waals surface area contributed by atoms with Crippen molar-refractivity contribution in [1.29, 1.82) is 0 Å². The number of rotatable bonds is 5. The topological polar surface area (TPSA) is 102 Å². The molecule has 2 aromatic rings. The number of hydrogen-bond acceptors (Lipinski definition) is 6. The van der Waals surface area contributed by atoms with Gasteiger partial charge < -0.3 is 5.43 Å². The molecule has 1 saturated carbocycles. The average molecular weight is 329 g/mol. The molecule has 0 aromatic carbocycles. The molecule has 0 saturated heterocycles. The minimum absolute atomic E-state index is 0.0806. The van der Waals surface area contributed by atoms with Crippen molar-refractivity contribution in [2.75, 3.05) is 12.0 Å². The molecular formula is C12H19N5O2S2. The maximum Gasteiger partial charge on any atom is 0.260 e. The summed E-state index contributed by atoms with van der Waals surface area (Å²) in [4.78, 5) is 4.78. The van der Waals surface area contributed by atoms with Gasteiger partial charge in [-0.3, -0.25) is 4.40 Å². The highest BCUT2D eigenvalue weighted by Gasteiger charge is 2.26. The number of anilines is 1. The second-order valence-electron chi connectivity index (χ2n) is 5.32. The Balaban J connectivity index is 1.83. The molecule has 0 spiro atoms. The van der Waals surface area contributed by atoms with Crippen LogP contribution in [0.2, 0.25) is 0 Å². The summed E-state index contributed by atoms with van der Waals surface area (Å²) >= 11 is 1.36. The van der Waals surface area contributed by atoms with Crippen LogP contribution in [0.25, 0.3) is 4.96 Å². The van der Waals surface area contributed by atoms with Crippen LogP contribution < -0.4 is 16.0 Å². The van der Waals surface area contributed by atoms with Gasteiger partial charge in [0.1, 0.15) is 0 Å². The molecule has 1 aliphatic rings. The second-order valence-corrected chi connectivity index (χ2v) is 7.88. The van der Waals surface area contributed by atoms with Crippen molar-refractivity contribution in [3.63, 3.8) is 0 Å². The summed E-state index contributed by atoms with van der Waals surface area (Å²) in [6, 6.07) is 0. The maximum absolute atomic E-state index is 12.6. The molecule has 0 atom stereocenters. The number of nitrogens with one attached hydrogen (secondary N) is 2. The third kappa shape index (κ3) is 2.91. The number of thiazole rings is 1. The van der Waals surface area contributed by atoms with E-state index in [1.54, 1.807) is 16.0 Å². The molecule has 0 aliphatic heterocycles. The van der Waals surface area contributed by atoms with Crippen LogP contribution in [-0.4, -0.2) is 24.3 Å². The van der Waals surface area contributed by atoms with Gasteiger partial charge in [-0.05, 0) is 18.8 Å². The van der Waals surface area contributed by atoms with Gasteiger partial charge >= 0.3 is 0 Å². The highest BCUT2D eigenvalue weighted by Crippen LogP contribution is 2.26. The highest BCUT2D eigenvalue weighted by molar-refractivity contribution is 7.89. The Morgan fingerprint density at radius 2 is 2.14 bits per heavy atom. The van der Waals surface area contributed by atoms with Crippen LogP contribution in [0.3, 0.4) is 0 Å². The SMILES string of the molecule is NNc1nc2sccn2c1S(=O)(=O)NCC1CCCCC1. The van der Waals surface area contributed by atoms with Crippen molar-refractivity contribution in [3.05, 3.63) is 11.6 Å². The number of nitrogens with zero attached hydrogens (tertiary/aromatic N) is 2. The third-order valence-electron chi connectivity index (χ3n) is 3.90. The lowest BCUT2D eigenvalue weighted by molar-refractivity contribution is 0.357. The summed E-state index contributed by atoms with van der Waals surface area (Å²) in [5, 5.41) is 1.88. The zero-order chi connectivity index (χ0) is 14.9.